The summed E-state index contributed by atoms with van der Waals surface area (Å²) >= 11 is 6.15. The summed E-state index contributed by atoms with van der Waals surface area (Å²) in [6.45, 7) is 0.928. The van der Waals surface area contributed by atoms with Crippen molar-refractivity contribution < 1.29 is 4.79 Å². The van der Waals surface area contributed by atoms with Gasteiger partial charge in [0, 0.05) is 29.6 Å². The Morgan fingerprint density at radius 1 is 0.960 bits per heavy atom. The molecule has 0 unspecified atom stereocenters. The Balaban J connectivity index is 1.61. The van der Waals surface area contributed by atoms with E-state index in [1.807, 2.05) is 48.5 Å². The van der Waals surface area contributed by atoms with Crippen molar-refractivity contribution in [3.63, 3.8) is 0 Å². The highest BCUT2D eigenvalue weighted by atomic mass is 35.5. The van der Waals surface area contributed by atoms with E-state index in [2.05, 4.69) is 20.6 Å². The molecule has 0 aliphatic heterocycles. The van der Waals surface area contributed by atoms with Gasteiger partial charge in [0.15, 0.2) is 0 Å². The Kier molecular flexibility index (Phi) is 5.59. The highest BCUT2D eigenvalue weighted by Gasteiger charge is 2.08. The van der Waals surface area contributed by atoms with Gasteiger partial charge in [-0.2, -0.15) is 0 Å². The number of amides is 1. The van der Waals surface area contributed by atoms with Crippen LogP contribution in [0.25, 0.3) is 0 Å². The molecule has 0 saturated carbocycles. The summed E-state index contributed by atoms with van der Waals surface area (Å²) in [6.07, 6.45) is 3.30. The molecule has 0 aliphatic rings. The molecular formula is C19H17ClN4O. The van der Waals surface area contributed by atoms with Gasteiger partial charge in [0.2, 0.25) is 0 Å². The molecule has 6 heteroatoms. The van der Waals surface area contributed by atoms with E-state index in [1.54, 1.807) is 18.5 Å². The van der Waals surface area contributed by atoms with Crippen molar-refractivity contribution in [2.45, 2.75) is 13.1 Å². The predicted molar refractivity (Wildman–Crippen MR) is 98.4 cm³/mol. The van der Waals surface area contributed by atoms with Crippen LogP contribution in [0.15, 0.2) is 67.0 Å². The van der Waals surface area contributed by atoms with Crippen LogP contribution in [0.1, 0.15) is 21.7 Å². The zero-order chi connectivity index (χ0) is 17.5. The van der Waals surface area contributed by atoms with E-state index in [9.17, 15) is 4.79 Å². The van der Waals surface area contributed by atoms with Gasteiger partial charge in [-0.1, -0.05) is 35.9 Å². The van der Waals surface area contributed by atoms with Crippen LogP contribution in [0.5, 0.6) is 0 Å². The summed E-state index contributed by atoms with van der Waals surface area (Å²) in [7, 11) is 0. The number of benzene rings is 1. The van der Waals surface area contributed by atoms with Gasteiger partial charge in [-0.3, -0.25) is 14.8 Å². The molecule has 25 heavy (non-hydrogen) atoms. The Labute approximate surface area is 151 Å². The van der Waals surface area contributed by atoms with Crippen LogP contribution in [0, 0.1) is 0 Å². The van der Waals surface area contributed by atoms with E-state index in [1.165, 1.54) is 0 Å². The Hall–Kier alpha value is -2.92. The molecule has 0 atom stereocenters. The van der Waals surface area contributed by atoms with E-state index in [0.717, 1.165) is 16.9 Å². The Morgan fingerprint density at radius 3 is 2.60 bits per heavy atom. The van der Waals surface area contributed by atoms with Crippen LogP contribution in [0.2, 0.25) is 5.02 Å². The zero-order valence-electron chi connectivity index (χ0n) is 13.4. The smallest absolute Gasteiger partial charge is 0.270 e. The van der Waals surface area contributed by atoms with E-state index in [0.29, 0.717) is 23.8 Å². The number of rotatable bonds is 6. The molecule has 5 nitrogen and oxygen atoms in total. The fraction of sp³-hybridized carbons (Fsp3) is 0.105. The number of pyridine rings is 2. The predicted octanol–water partition coefficient (Wildman–Crippen LogP) is 3.67. The lowest BCUT2D eigenvalue weighted by atomic mass is 10.2. The fourth-order valence-electron chi connectivity index (χ4n) is 2.27. The van der Waals surface area contributed by atoms with Crippen molar-refractivity contribution >= 4 is 23.2 Å². The van der Waals surface area contributed by atoms with Crippen molar-refractivity contribution in [2.24, 2.45) is 0 Å². The van der Waals surface area contributed by atoms with Gasteiger partial charge in [0.25, 0.3) is 5.91 Å². The zero-order valence-corrected chi connectivity index (χ0v) is 14.2. The number of carbonyl (C=O) groups excluding carboxylic acids is 1. The molecule has 2 heterocycles. The molecule has 0 aliphatic carbocycles. The number of nitrogens with zero attached hydrogens (tertiary/aromatic N) is 2. The van der Waals surface area contributed by atoms with Gasteiger partial charge in [-0.15, -0.1) is 0 Å². The number of anilines is 1. The first-order chi connectivity index (χ1) is 12.2. The van der Waals surface area contributed by atoms with Crippen molar-refractivity contribution in [3.05, 3.63) is 89.0 Å². The maximum Gasteiger partial charge on any atom is 0.270 e. The van der Waals surface area contributed by atoms with Gasteiger partial charge in [0.05, 0.1) is 12.2 Å². The first-order valence-corrected chi connectivity index (χ1v) is 8.21. The molecule has 1 aromatic carbocycles. The number of nitrogens with one attached hydrogen (secondary N) is 2. The molecule has 0 spiro atoms. The number of aromatic nitrogens is 2. The Morgan fingerprint density at radius 2 is 1.80 bits per heavy atom. The average molecular weight is 353 g/mol. The van der Waals surface area contributed by atoms with E-state index in [-0.39, 0.29) is 5.91 Å². The third-order valence-corrected chi connectivity index (χ3v) is 3.96. The Bertz CT molecular complexity index is 855. The standard InChI is InChI=1S/C19H17ClN4O/c20-17-7-2-1-5-14(17)12-23-15-8-10-22-18(11-15)19(25)24-13-16-6-3-4-9-21-16/h1-11H,12-13H2,(H,22,23)(H,24,25). The molecule has 1 amide bonds. The maximum absolute atomic E-state index is 12.2. The SMILES string of the molecule is O=C(NCc1ccccn1)c1cc(NCc2ccccc2Cl)ccn1. The molecule has 0 bridgehead atoms. The summed E-state index contributed by atoms with van der Waals surface area (Å²) in [5.74, 6) is -0.243. The number of halogens is 1. The molecule has 2 aromatic heterocycles. The number of hydrogen-bond donors (Lipinski definition) is 2. The summed E-state index contributed by atoms with van der Waals surface area (Å²) in [4.78, 5) is 20.5. The monoisotopic (exact) mass is 352 g/mol. The third kappa shape index (κ3) is 4.78. The molecule has 0 fully saturated rings. The lowest BCUT2D eigenvalue weighted by Gasteiger charge is -2.09. The normalized spacial score (nSPS) is 10.3. The van der Waals surface area contributed by atoms with Crippen molar-refractivity contribution in [1.82, 2.24) is 15.3 Å². The summed E-state index contributed by atoms with van der Waals surface area (Å²) in [5, 5.41) is 6.77. The van der Waals surface area contributed by atoms with Gasteiger partial charge in [0.1, 0.15) is 5.69 Å². The van der Waals surface area contributed by atoms with Crippen LogP contribution >= 0.6 is 11.6 Å². The van der Waals surface area contributed by atoms with Crippen molar-refractivity contribution in [2.75, 3.05) is 5.32 Å². The molecule has 126 valence electrons. The van der Waals surface area contributed by atoms with Crippen molar-refractivity contribution in [1.29, 1.82) is 0 Å². The molecule has 0 saturated heterocycles. The number of hydrogen-bond acceptors (Lipinski definition) is 4. The van der Waals surface area contributed by atoms with Gasteiger partial charge in [-0.25, -0.2) is 0 Å². The van der Waals surface area contributed by atoms with Crippen LogP contribution in [-0.4, -0.2) is 15.9 Å². The average Bonchev–Trinajstić information content (AvgIpc) is 2.66. The van der Waals surface area contributed by atoms with Crippen LogP contribution in [0.4, 0.5) is 5.69 Å². The van der Waals surface area contributed by atoms with Gasteiger partial charge < -0.3 is 10.6 Å². The minimum absolute atomic E-state index is 0.243. The van der Waals surface area contributed by atoms with E-state index in [4.69, 9.17) is 11.6 Å². The highest BCUT2D eigenvalue weighted by Crippen LogP contribution is 2.17. The second-order valence-electron chi connectivity index (χ2n) is 5.38. The summed E-state index contributed by atoms with van der Waals surface area (Å²) in [6, 6.07) is 16.7. The molecule has 3 rings (SSSR count). The summed E-state index contributed by atoms with van der Waals surface area (Å²) in [5.41, 5.74) is 2.93. The first kappa shape index (κ1) is 16.9. The van der Waals surface area contributed by atoms with Gasteiger partial charge >= 0.3 is 0 Å². The van der Waals surface area contributed by atoms with Gasteiger partial charge in [-0.05, 0) is 35.9 Å². The third-order valence-electron chi connectivity index (χ3n) is 3.59. The highest BCUT2D eigenvalue weighted by molar-refractivity contribution is 6.31. The van der Waals surface area contributed by atoms with Crippen molar-refractivity contribution in [3.8, 4) is 0 Å². The van der Waals surface area contributed by atoms with Crippen LogP contribution in [-0.2, 0) is 13.1 Å². The molecule has 0 radical (unpaired) electrons. The second-order valence-corrected chi connectivity index (χ2v) is 5.79. The van der Waals surface area contributed by atoms with Crippen LogP contribution < -0.4 is 10.6 Å². The molecular weight excluding hydrogens is 336 g/mol. The van der Waals surface area contributed by atoms with Crippen LogP contribution in [0.3, 0.4) is 0 Å². The van der Waals surface area contributed by atoms with E-state index >= 15 is 0 Å². The lowest BCUT2D eigenvalue weighted by molar-refractivity contribution is 0.0945. The quantitative estimate of drug-likeness (QED) is 0.710. The van der Waals surface area contributed by atoms with E-state index < -0.39 is 0 Å². The maximum atomic E-state index is 12.2. The lowest BCUT2D eigenvalue weighted by Crippen LogP contribution is -2.24. The minimum Gasteiger partial charge on any atom is -0.381 e. The second kappa shape index (κ2) is 8.26. The molecule has 3 aromatic rings. The topological polar surface area (TPSA) is 66.9 Å². The summed E-state index contributed by atoms with van der Waals surface area (Å²) < 4.78 is 0. The largest absolute Gasteiger partial charge is 0.381 e. The first-order valence-electron chi connectivity index (χ1n) is 7.84. The molecule has 2 N–H and O–H groups in total. The fourth-order valence-corrected chi connectivity index (χ4v) is 2.47. The minimum atomic E-state index is -0.243. The number of carbonyl (C=O) groups is 1.